The Hall–Kier alpha value is -1.67. The van der Waals surface area contributed by atoms with E-state index >= 15 is 0 Å². The Kier molecular flexibility index (Phi) is 5.98. The minimum absolute atomic E-state index is 0.0528. The molecule has 0 aliphatic rings. The third-order valence-electron chi connectivity index (χ3n) is 4.41. The molecule has 0 saturated carbocycles. The van der Waals surface area contributed by atoms with E-state index in [0.717, 1.165) is 6.07 Å². The van der Waals surface area contributed by atoms with Gasteiger partial charge in [0.25, 0.3) is 10.1 Å². The fraction of sp³-hybridized carbons (Fsp3) is 0.0526. The fourth-order valence-electron chi connectivity index (χ4n) is 3.24. The normalized spacial score (nSPS) is 13.8. The molecule has 0 amide bonds. The van der Waals surface area contributed by atoms with Crippen molar-refractivity contribution in [3.63, 3.8) is 0 Å². The van der Waals surface area contributed by atoms with Crippen LogP contribution >= 0.6 is 46.4 Å². The molecule has 1 atom stereocenters. The van der Waals surface area contributed by atoms with E-state index in [2.05, 4.69) is 0 Å². The van der Waals surface area contributed by atoms with Crippen molar-refractivity contribution in [2.45, 2.75) is 4.75 Å². The van der Waals surface area contributed by atoms with Gasteiger partial charge in [-0.25, -0.2) is 0 Å². The molecule has 3 rings (SSSR count). The standard InChI is InChI=1S/C19H12Cl4O5S/c20-10-5-6-12(16(25)9-10)19(29(26,27)28,11-3-1-2-4-15(11)24)17-13(21)7-8-14(22)18(17)23/h1-9,24-25H,(H,26,27,28). The molecule has 5 nitrogen and oxygen atoms in total. The highest BCUT2D eigenvalue weighted by atomic mass is 35.5. The summed E-state index contributed by atoms with van der Waals surface area (Å²) in [5.74, 6) is -1.07. The van der Waals surface area contributed by atoms with E-state index in [-0.39, 0.29) is 36.8 Å². The monoisotopic (exact) mass is 492 g/mol. The summed E-state index contributed by atoms with van der Waals surface area (Å²) >= 11 is 24.7. The first-order chi connectivity index (χ1) is 13.5. The lowest BCUT2D eigenvalue weighted by molar-refractivity contribution is 0.428. The minimum Gasteiger partial charge on any atom is -0.508 e. The zero-order valence-electron chi connectivity index (χ0n) is 14.3. The Morgan fingerprint density at radius 3 is 1.93 bits per heavy atom. The van der Waals surface area contributed by atoms with Crippen molar-refractivity contribution in [2.75, 3.05) is 0 Å². The van der Waals surface area contributed by atoms with Crippen molar-refractivity contribution in [3.8, 4) is 11.5 Å². The summed E-state index contributed by atoms with van der Waals surface area (Å²) in [6, 6.07) is 11.6. The Labute approximate surface area is 186 Å². The summed E-state index contributed by atoms with van der Waals surface area (Å²) in [5.41, 5.74) is -0.974. The van der Waals surface area contributed by atoms with E-state index < -0.39 is 26.4 Å². The van der Waals surface area contributed by atoms with Crippen molar-refractivity contribution in [1.29, 1.82) is 0 Å². The number of rotatable bonds is 4. The average molecular weight is 494 g/mol. The van der Waals surface area contributed by atoms with E-state index in [4.69, 9.17) is 46.4 Å². The Bertz CT molecular complexity index is 1210. The van der Waals surface area contributed by atoms with E-state index in [9.17, 15) is 23.2 Å². The third-order valence-corrected chi connectivity index (χ3v) is 7.18. The molecule has 0 aliphatic heterocycles. The number of halogens is 4. The molecule has 29 heavy (non-hydrogen) atoms. The summed E-state index contributed by atoms with van der Waals surface area (Å²) in [5, 5.41) is 20.7. The van der Waals surface area contributed by atoms with Crippen molar-refractivity contribution in [2.24, 2.45) is 0 Å². The zero-order valence-corrected chi connectivity index (χ0v) is 18.1. The second-order valence-corrected chi connectivity index (χ2v) is 9.24. The van der Waals surface area contributed by atoms with Gasteiger partial charge >= 0.3 is 0 Å². The molecule has 0 fully saturated rings. The van der Waals surface area contributed by atoms with Crippen LogP contribution in [0.25, 0.3) is 0 Å². The SMILES string of the molecule is O=S(=O)(O)C(c1ccccc1O)(c1ccc(Cl)cc1O)c1c(Cl)ccc(Cl)c1Cl. The van der Waals surface area contributed by atoms with Gasteiger partial charge in [0, 0.05) is 26.7 Å². The molecule has 3 aromatic carbocycles. The summed E-state index contributed by atoms with van der Waals surface area (Å²) < 4.78 is 33.9. The molecule has 152 valence electrons. The number of hydrogen-bond acceptors (Lipinski definition) is 4. The molecular formula is C19H12Cl4O5S. The maximum absolute atomic E-state index is 13.0. The number of benzene rings is 3. The summed E-state index contributed by atoms with van der Waals surface area (Å²) in [4.78, 5) is 0. The van der Waals surface area contributed by atoms with Crippen LogP contribution in [0.5, 0.6) is 11.5 Å². The van der Waals surface area contributed by atoms with Gasteiger partial charge in [-0.3, -0.25) is 4.55 Å². The molecule has 3 aromatic rings. The molecule has 0 aromatic heterocycles. The van der Waals surface area contributed by atoms with Crippen LogP contribution in [0.2, 0.25) is 20.1 Å². The number of phenolic OH excluding ortho intramolecular Hbond substituents is 2. The minimum atomic E-state index is -5.20. The number of aromatic hydroxyl groups is 2. The van der Waals surface area contributed by atoms with Crippen LogP contribution in [0.15, 0.2) is 54.6 Å². The lowest BCUT2D eigenvalue weighted by Gasteiger charge is -2.34. The zero-order chi connectivity index (χ0) is 21.6. The largest absolute Gasteiger partial charge is 0.508 e. The summed E-state index contributed by atoms with van der Waals surface area (Å²) in [6.07, 6.45) is 0. The second-order valence-electron chi connectivity index (χ2n) is 6.05. The van der Waals surface area contributed by atoms with Crippen LogP contribution in [0.1, 0.15) is 16.7 Å². The lowest BCUT2D eigenvalue weighted by Crippen LogP contribution is -2.39. The van der Waals surface area contributed by atoms with Gasteiger partial charge in [0.1, 0.15) is 11.5 Å². The van der Waals surface area contributed by atoms with Gasteiger partial charge in [0.15, 0.2) is 4.75 Å². The van der Waals surface area contributed by atoms with Gasteiger partial charge in [-0.2, -0.15) is 8.42 Å². The van der Waals surface area contributed by atoms with Gasteiger partial charge in [0.05, 0.1) is 10.0 Å². The quantitative estimate of drug-likeness (QED) is 0.239. The molecular weight excluding hydrogens is 482 g/mol. The fourth-order valence-corrected chi connectivity index (χ4v) is 5.71. The Morgan fingerprint density at radius 1 is 0.759 bits per heavy atom. The second kappa shape index (κ2) is 7.87. The van der Waals surface area contributed by atoms with Crippen LogP contribution in [-0.4, -0.2) is 23.2 Å². The average Bonchev–Trinajstić information content (AvgIpc) is 2.62. The smallest absolute Gasteiger partial charge is 0.283 e. The highest BCUT2D eigenvalue weighted by Crippen LogP contribution is 2.54. The number of para-hydroxylation sites is 1. The van der Waals surface area contributed by atoms with Crippen molar-refractivity contribution >= 4 is 56.5 Å². The molecule has 0 heterocycles. The van der Waals surface area contributed by atoms with Crippen molar-refractivity contribution in [1.82, 2.24) is 0 Å². The first-order valence-corrected chi connectivity index (χ1v) is 10.9. The maximum atomic E-state index is 13.0. The van der Waals surface area contributed by atoms with E-state index in [0.29, 0.717) is 0 Å². The van der Waals surface area contributed by atoms with Crippen molar-refractivity contribution in [3.05, 3.63) is 91.4 Å². The van der Waals surface area contributed by atoms with E-state index in [1.807, 2.05) is 0 Å². The predicted molar refractivity (Wildman–Crippen MR) is 114 cm³/mol. The van der Waals surface area contributed by atoms with Crippen molar-refractivity contribution < 1.29 is 23.2 Å². The van der Waals surface area contributed by atoms with Crippen LogP contribution in [-0.2, 0) is 14.9 Å². The number of hydrogen-bond donors (Lipinski definition) is 3. The topological polar surface area (TPSA) is 94.8 Å². The van der Waals surface area contributed by atoms with Gasteiger partial charge < -0.3 is 10.2 Å². The van der Waals surface area contributed by atoms with Crippen LogP contribution in [0.3, 0.4) is 0 Å². The molecule has 0 aliphatic carbocycles. The van der Waals surface area contributed by atoms with Gasteiger partial charge in [-0.1, -0.05) is 70.7 Å². The molecule has 0 saturated heterocycles. The highest BCUT2D eigenvalue weighted by Gasteiger charge is 2.54. The van der Waals surface area contributed by atoms with E-state index in [1.54, 1.807) is 0 Å². The Balaban J connectivity index is 2.68. The first-order valence-electron chi connectivity index (χ1n) is 7.90. The summed E-state index contributed by atoms with van der Waals surface area (Å²) in [6.45, 7) is 0. The van der Waals surface area contributed by atoms with Crippen LogP contribution in [0, 0.1) is 0 Å². The highest BCUT2D eigenvalue weighted by molar-refractivity contribution is 7.87. The van der Waals surface area contributed by atoms with E-state index in [1.165, 1.54) is 48.5 Å². The molecule has 0 radical (unpaired) electrons. The predicted octanol–water partition coefficient (Wildman–Crippen LogP) is 5.89. The van der Waals surface area contributed by atoms with Crippen LogP contribution in [0.4, 0.5) is 0 Å². The number of phenols is 2. The maximum Gasteiger partial charge on any atom is 0.283 e. The molecule has 1 unspecified atom stereocenters. The third kappa shape index (κ3) is 3.54. The van der Waals surface area contributed by atoms with Crippen LogP contribution < -0.4 is 0 Å². The van der Waals surface area contributed by atoms with Gasteiger partial charge in [-0.15, -0.1) is 0 Å². The van der Waals surface area contributed by atoms with Gasteiger partial charge in [-0.05, 0) is 30.3 Å². The molecule has 10 heteroatoms. The Morgan fingerprint density at radius 2 is 1.34 bits per heavy atom. The lowest BCUT2D eigenvalue weighted by atomic mass is 9.82. The first kappa shape index (κ1) is 22.0. The molecule has 0 spiro atoms. The molecule has 0 bridgehead atoms. The summed E-state index contributed by atoms with van der Waals surface area (Å²) in [7, 11) is -5.20. The van der Waals surface area contributed by atoms with Gasteiger partial charge in [0.2, 0.25) is 0 Å². The molecule has 3 N–H and O–H groups in total.